The van der Waals surface area contributed by atoms with Gasteiger partial charge in [-0.3, -0.25) is 0 Å². The van der Waals surface area contributed by atoms with E-state index in [0.29, 0.717) is 0 Å². The van der Waals surface area contributed by atoms with Crippen molar-refractivity contribution in [2.75, 3.05) is 6.54 Å². The van der Waals surface area contributed by atoms with Crippen LogP contribution in [0.3, 0.4) is 0 Å². The standard InChI is InChI=1S/C19H25NO/c1-3-15-12-13-18(21-15)19(20-4-2)17-11-6-5-10-16(17)14-8-7-9-14/h5-6,10-14,19-20H,3-4,7-9H2,1-2H3. The molecular formula is C19H25NO. The van der Waals surface area contributed by atoms with E-state index in [2.05, 4.69) is 55.6 Å². The molecule has 2 aromatic rings. The highest BCUT2D eigenvalue weighted by atomic mass is 16.3. The third-order valence-corrected chi connectivity index (χ3v) is 4.58. The van der Waals surface area contributed by atoms with Crippen molar-refractivity contribution in [3.8, 4) is 0 Å². The van der Waals surface area contributed by atoms with Gasteiger partial charge >= 0.3 is 0 Å². The normalized spacial score (nSPS) is 16.7. The minimum absolute atomic E-state index is 0.173. The minimum Gasteiger partial charge on any atom is -0.464 e. The largest absolute Gasteiger partial charge is 0.464 e. The fourth-order valence-corrected chi connectivity index (χ4v) is 3.17. The molecule has 1 aliphatic rings. The van der Waals surface area contributed by atoms with Gasteiger partial charge in [0, 0.05) is 6.42 Å². The number of aryl methyl sites for hydroxylation is 1. The van der Waals surface area contributed by atoms with Crippen LogP contribution < -0.4 is 5.32 Å². The van der Waals surface area contributed by atoms with Gasteiger partial charge in [-0.25, -0.2) is 0 Å². The lowest BCUT2D eigenvalue weighted by molar-refractivity contribution is 0.401. The average molecular weight is 283 g/mol. The summed E-state index contributed by atoms with van der Waals surface area (Å²) in [6, 6.07) is 13.3. The summed E-state index contributed by atoms with van der Waals surface area (Å²) >= 11 is 0. The number of benzene rings is 1. The van der Waals surface area contributed by atoms with Gasteiger partial charge in [-0.15, -0.1) is 0 Å². The van der Waals surface area contributed by atoms with Crippen molar-refractivity contribution in [3.63, 3.8) is 0 Å². The molecule has 0 aliphatic heterocycles. The van der Waals surface area contributed by atoms with Gasteiger partial charge in [0.2, 0.25) is 0 Å². The highest BCUT2D eigenvalue weighted by Crippen LogP contribution is 2.40. The van der Waals surface area contributed by atoms with E-state index in [0.717, 1.165) is 30.4 Å². The summed E-state index contributed by atoms with van der Waals surface area (Å²) in [6.07, 6.45) is 4.97. The fourth-order valence-electron chi connectivity index (χ4n) is 3.17. The molecule has 1 N–H and O–H groups in total. The third-order valence-electron chi connectivity index (χ3n) is 4.58. The molecule has 3 rings (SSSR count). The molecule has 1 unspecified atom stereocenters. The molecule has 2 nitrogen and oxygen atoms in total. The smallest absolute Gasteiger partial charge is 0.125 e. The molecular weight excluding hydrogens is 258 g/mol. The summed E-state index contributed by atoms with van der Waals surface area (Å²) < 4.78 is 6.03. The number of hydrogen-bond acceptors (Lipinski definition) is 2. The topological polar surface area (TPSA) is 25.2 Å². The van der Waals surface area contributed by atoms with Crippen LogP contribution in [0.5, 0.6) is 0 Å². The zero-order valence-corrected chi connectivity index (χ0v) is 13.1. The molecule has 1 heterocycles. The predicted octanol–water partition coefficient (Wildman–Crippen LogP) is 4.81. The van der Waals surface area contributed by atoms with E-state index in [1.807, 2.05) is 0 Å². The molecule has 112 valence electrons. The zero-order chi connectivity index (χ0) is 14.7. The Morgan fingerprint density at radius 1 is 1.14 bits per heavy atom. The Kier molecular flexibility index (Phi) is 4.45. The van der Waals surface area contributed by atoms with E-state index in [1.165, 1.54) is 30.4 Å². The highest BCUT2D eigenvalue weighted by Gasteiger charge is 2.26. The van der Waals surface area contributed by atoms with E-state index in [9.17, 15) is 0 Å². The van der Waals surface area contributed by atoms with E-state index in [-0.39, 0.29) is 6.04 Å². The third kappa shape index (κ3) is 2.91. The maximum absolute atomic E-state index is 6.03. The maximum atomic E-state index is 6.03. The molecule has 1 aliphatic carbocycles. The first-order valence-corrected chi connectivity index (χ1v) is 8.24. The van der Waals surface area contributed by atoms with Gasteiger partial charge in [0.1, 0.15) is 11.5 Å². The Hall–Kier alpha value is -1.54. The lowest BCUT2D eigenvalue weighted by atomic mass is 9.77. The van der Waals surface area contributed by atoms with Crippen LogP contribution in [-0.2, 0) is 6.42 Å². The second kappa shape index (κ2) is 6.48. The van der Waals surface area contributed by atoms with Gasteiger partial charge in [-0.1, -0.05) is 44.5 Å². The number of furan rings is 1. The van der Waals surface area contributed by atoms with E-state index in [4.69, 9.17) is 4.42 Å². The molecule has 1 atom stereocenters. The number of hydrogen-bond donors (Lipinski definition) is 1. The highest BCUT2D eigenvalue weighted by molar-refractivity contribution is 5.38. The molecule has 0 bridgehead atoms. The van der Waals surface area contributed by atoms with E-state index < -0.39 is 0 Å². The van der Waals surface area contributed by atoms with Crippen molar-refractivity contribution in [2.24, 2.45) is 0 Å². The molecule has 1 aromatic carbocycles. The Labute approximate surface area is 127 Å². The van der Waals surface area contributed by atoms with Crippen molar-refractivity contribution in [1.29, 1.82) is 0 Å². The molecule has 2 heteroatoms. The van der Waals surface area contributed by atoms with Crippen LogP contribution in [0.1, 0.15) is 67.7 Å². The molecule has 0 saturated heterocycles. The van der Waals surface area contributed by atoms with Crippen molar-refractivity contribution in [2.45, 2.75) is 51.5 Å². The van der Waals surface area contributed by atoms with Gasteiger partial charge in [-0.2, -0.15) is 0 Å². The van der Waals surface area contributed by atoms with Gasteiger partial charge in [0.05, 0.1) is 6.04 Å². The van der Waals surface area contributed by atoms with Crippen LogP contribution in [0, 0.1) is 0 Å². The molecule has 0 radical (unpaired) electrons. The first kappa shape index (κ1) is 14.4. The monoisotopic (exact) mass is 283 g/mol. The molecule has 21 heavy (non-hydrogen) atoms. The lowest BCUT2D eigenvalue weighted by Crippen LogP contribution is -2.24. The Morgan fingerprint density at radius 2 is 1.95 bits per heavy atom. The average Bonchev–Trinajstić information content (AvgIpc) is 2.92. The quantitative estimate of drug-likeness (QED) is 0.823. The van der Waals surface area contributed by atoms with Crippen molar-refractivity contribution in [1.82, 2.24) is 5.32 Å². The number of rotatable bonds is 6. The van der Waals surface area contributed by atoms with Crippen molar-refractivity contribution in [3.05, 3.63) is 59.0 Å². The van der Waals surface area contributed by atoms with Crippen LogP contribution in [0.4, 0.5) is 0 Å². The van der Waals surface area contributed by atoms with Crippen LogP contribution in [-0.4, -0.2) is 6.54 Å². The summed E-state index contributed by atoms with van der Waals surface area (Å²) in [5, 5.41) is 3.60. The minimum atomic E-state index is 0.173. The van der Waals surface area contributed by atoms with E-state index in [1.54, 1.807) is 0 Å². The first-order chi connectivity index (χ1) is 10.3. The second-order valence-electron chi connectivity index (χ2n) is 5.91. The van der Waals surface area contributed by atoms with Gasteiger partial charge in [0.25, 0.3) is 0 Å². The number of nitrogens with one attached hydrogen (secondary N) is 1. The molecule has 1 fully saturated rings. The lowest BCUT2D eigenvalue weighted by Gasteiger charge is -2.30. The van der Waals surface area contributed by atoms with Crippen molar-refractivity contribution >= 4 is 0 Å². The molecule has 1 saturated carbocycles. The van der Waals surface area contributed by atoms with Crippen LogP contribution in [0.2, 0.25) is 0 Å². The maximum Gasteiger partial charge on any atom is 0.125 e. The first-order valence-electron chi connectivity index (χ1n) is 8.24. The van der Waals surface area contributed by atoms with Crippen molar-refractivity contribution < 1.29 is 4.42 Å². The predicted molar refractivity (Wildman–Crippen MR) is 86.6 cm³/mol. The molecule has 0 amide bonds. The summed E-state index contributed by atoms with van der Waals surface area (Å²) in [6.45, 7) is 5.22. The Balaban J connectivity index is 1.96. The Morgan fingerprint density at radius 3 is 2.57 bits per heavy atom. The van der Waals surface area contributed by atoms with Gasteiger partial charge < -0.3 is 9.73 Å². The zero-order valence-electron chi connectivity index (χ0n) is 13.1. The van der Waals surface area contributed by atoms with Gasteiger partial charge in [-0.05, 0) is 48.6 Å². The summed E-state index contributed by atoms with van der Waals surface area (Å²) in [5.41, 5.74) is 2.89. The van der Waals surface area contributed by atoms with Crippen LogP contribution >= 0.6 is 0 Å². The summed E-state index contributed by atoms with van der Waals surface area (Å²) in [4.78, 5) is 0. The summed E-state index contributed by atoms with van der Waals surface area (Å²) in [5.74, 6) is 2.84. The SMILES string of the molecule is CCNC(c1ccc(CC)o1)c1ccccc1C1CCC1. The van der Waals surface area contributed by atoms with Gasteiger partial charge in [0.15, 0.2) is 0 Å². The molecule has 1 aromatic heterocycles. The van der Waals surface area contributed by atoms with Crippen LogP contribution in [0.15, 0.2) is 40.8 Å². The fraction of sp³-hybridized carbons (Fsp3) is 0.474. The Bertz CT molecular complexity index is 583. The second-order valence-corrected chi connectivity index (χ2v) is 5.91. The van der Waals surface area contributed by atoms with E-state index >= 15 is 0 Å². The summed E-state index contributed by atoms with van der Waals surface area (Å²) in [7, 11) is 0. The molecule has 0 spiro atoms. The van der Waals surface area contributed by atoms with Crippen LogP contribution in [0.25, 0.3) is 0 Å².